The summed E-state index contributed by atoms with van der Waals surface area (Å²) >= 11 is 0. The second-order valence-electron chi connectivity index (χ2n) is 11.0. The Morgan fingerprint density at radius 1 is 1.19 bits per heavy atom. The molecule has 0 bridgehead atoms. The van der Waals surface area contributed by atoms with E-state index in [1.54, 1.807) is 0 Å². The highest BCUT2D eigenvalue weighted by molar-refractivity contribution is 5.75. The molecule has 6 heteroatoms. The summed E-state index contributed by atoms with van der Waals surface area (Å²) < 4.78 is 25.2. The molecule has 5 fully saturated rings. The maximum Gasteiger partial charge on any atom is 0.315 e. The van der Waals surface area contributed by atoms with E-state index in [-0.39, 0.29) is 34.8 Å². The number of anilines is 1. The van der Waals surface area contributed by atoms with Crippen LogP contribution in [0, 0.1) is 29.0 Å². The minimum absolute atomic E-state index is 0.0275. The zero-order chi connectivity index (χ0) is 21.2. The van der Waals surface area contributed by atoms with E-state index in [0.717, 1.165) is 57.9 Å². The molecule has 1 N–H and O–H groups in total. The Labute approximate surface area is 183 Å². The lowest BCUT2D eigenvalue weighted by Crippen LogP contribution is -3.15. The van der Waals surface area contributed by atoms with Crippen molar-refractivity contribution in [2.45, 2.75) is 50.7 Å². The number of nitrogens with one attached hydrogen (secondary N) is 1. The van der Waals surface area contributed by atoms with Crippen LogP contribution in [0.1, 0.15) is 39.0 Å². The molecular weight excluding hydrogens is 395 g/mol. The molecule has 0 radical (unpaired) electrons. The zero-order valence-electron chi connectivity index (χ0n) is 18.4. The molecule has 1 spiro atoms. The van der Waals surface area contributed by atoms with Crippen LogP contribution in [0.25, 0.3) is 0 Å². The quantitative estimate of drug-likeness (QED) is 0.590. The molecule has 6 rings (SSSR count). The summed E-state index contributed by atoms with van der Waals surface area (Å²) in [5.74, 6) is 0.808. The number of nitrogens with zero attached hydrogens (tertiary/aromatic N) is 1. The number of rotatable bonds is 3. The minimum Gasteiger partial charge on any atom is -0.462 e. The topological polar surface area (TPSA) is 46.5 Å². The summed E-state index contributed by atoms with van der Waals surface area (Å²) in [6.45, 7) is 8.11. The Bertz CT molecular complexity index is 849. The van der Waals surface area contributed by atoms with Crippen molar-refractivity contribution in [1.29, 1.82) is 0 Å². The molecule has 31 heavy (non-hydrogen) atoms. The van der Waals surface area contributed by atoms with Crippen LogP contribution >= 0.6 is 0 Å². The van der Waals surface area contributed by atoms with E-state index in [1.807, 2.05) is 12.1 Å². The van der Waals surface area contributed by atoms with Gasteiger partial charge in [0.2, 0.25) is 0 Å². The highest BCUT2D eigenvalue weighted by Crippen LogP contribution is 2.62. The fraction of sp³-hybridized carbons (Fsp3) is 0.720. The molecule has 0 amide bonds. The van der Waals surface area contributed by atoms with Crippen molar-refractivity contribution in [3.8, 4) is 0 Å². The maximum absolute atomic E-state index is 13.2. The van der Waals surface area contributed by atoms with Gasteiger partial charge in [0.05, 0.1) is 44.9 Å². The lowest BCUT2D eigenvalue weighted by Gasteiger charge is -2.51. The third-order valence-electron chi connectivity index (χ3n) is 9.25. The summed E-state index contributed by atoms with van der Waals surface area (Å²) in [6, 6.07) is 6.78. The molecule has 0 aromatic heterocycles. The molecule has 2 aliphatic carbocycles. The summed E-state index contributed by atoms with van der Waals surface area (Å²) in [5, 5.41) is 0. The van der Waals surface area contributed by atoms with Crippen LogP contribution in [0.4, 0.5) is 10.1 Å². The van der Waals surface area contributed by atoms with Crippen LogP contribution in [0.15, 0.2) is 24.3 Å². The Hall–Kier alpha value is -1.66. The lowest BCUT2D eigenvalue weighted by molar-refractivity contribution is -0.903. The number of piperazine rings is 1. The molecule has 0 unspecified atom stereocenters. The number of halogens is 1. The van der Waals surface area contributed by atoms with Crippen molar-refractivity contribution in [2.75, 3.05) is 44.2 Å². The van der Waals surface area contributed by atoms with Gasteiger partial charge in [-0.25, -0.2) is 4.39 Å². The molecule has 3 heterocycles. The van der Waals surface area contributed by atoms with Gasteiger partial charge >= 0.3 is 5.97 Å². The van der Waals surface area contributed by atoms with Crippen LogP contribution in [0.3, 0.4) is 0 Å². The monoisotopic (exact) mass is 429 g/mol. The smallest absolute Gasteiger partial charge is 0.315 e. The normalized spacial score (nSPS) is 42.3. The lowest BCUT2D eigenvalue weighted by atomic mass is 9.53. The first-order valence-corrected chi connectivity index (χ1v) is 12.1. The summed E-state index contributed by atoms with van der Waals surface area (Å²) in [7, 11) is 0. The average Bonchev–Trinajstić information content (AvgIpc) is 3.46. The molecule has 1 aromatic carbocycles. The van der Waals surface area contributed by atoms with E-state index in [4.69, 9.17) is 9.47 Å². The Kier molecular flexibility index (Phi) is 4.62. The summed E-state index contributed by atoms with van der Waals surface area (Å²) in [4.78, 5) is 16.7. The van der Waals surface area contributed by atoms with Gasteiger partial charge in [-0.3, -0.25) is 4.79 Å². The van der Waals surface area contributed by atoms with Crippen molar-refractivity contribution >= 4 is 11.7 Å². The number of benzene rings is 1. The van der Waals surface area contributed by atoms with Crippen molar-refractivity contribution in [3.05, 3.63) is 30.1 Å². The second kappa shape index (κ2) is 7.17. The Morgan fingerprint density at radius 3 is 2.65 bits per heavy atom. The van der Waals surface area contributed by atoms with Gasteiger partial charge in [0, 0.05) is 11.6 Å². The number of epoxide rings is 1. The Balaban J connectivity index is 1.11. The van der Waals surface area contributed by atoms with Gasteiger partial charge in [0.25, 0.3) is 0 Å². The SMILES string of the molecule is C[C@]12CCC[C@]3(CO3)[C@@H]1C[C@@H]1[C@H](C[NH+]3CCN(c4ccc(F)cc4)CC3)C(=O)O[C@@H]1C2. The number of hydrogen-bond donors (Lipinski definition) is 1. The fourth-order valence-corrected chi connectivity index (χ4v) is 7.44. The molecular formula is C25H34FN2O3+. The van der Waals surface area contributed by atoms with E-state index in [0.29, 0.717) is 11.8 Å². The van der Waals surface area contributed by atoms with E-state index >= 15 is 0 Å². The van der Waals surface area contributed by atoms with Gasteiger partial charge < -0.3 is 19.3 Å². The number of esters is 1. The van der Waals surface area contributed by atoms with E-state index in [1.165, 1.54) is 36.3 Å². The third-order valence-corrected chi connectivity index (χ3v) is 9.25. The number of fused-ring (bicyclic) bond motifs is 3. The number of ether oxygens (including phenoxy) is 2. The molecule has 3 aliphatic heterocycles. The van der Waals surface area contributed by atoms with Crippen LogP contribution in [0.5, 0.6) is 0 Å². The minimum atomic E-state index is -0.192. The average molecular weight is 430 g/mol. The van der Waals surface area contributed by atoms with Crippen molar-refractivity contribution in [1.82, 2.24) is 0 Å². The number of carbonyl (C=O) groups excluding carboxylic acids is 1. The molecule has 6 atom stereocenters. The van der Waals surface area contributed by atoms with Gasteiger partial charge in [-0.15, -0.1) is 0 Å². The van der Waals surface area contributed by atoms with Crippen LogP contribution in [-0.2, 0) is 14.3 Å². The molecule has 5 aliphatic rings. The fourth-order valence-electron chi connectivity index (χ4n) is 7.44. The van der Waals surface area contributed by atoms with Gasteiger partial charge in [-0.05, 0) is 67.7 Å². The highest BCUT2D eigenvalue weighted by atomic mass is 19.1. The highest BCUT2D eigenvalue weighted by Gasteiger charge is 2.65. The second-order valence-corrected chi connectivity index (χ2v) is 11.0. The van der Waals surface area contributed by atoms with Crippen LogP contribution in [-0.4, -0.2) is 57.0 Å². The number of hydrogen-bond acceptors (Lipinski definition) is 4. The van der Waals surface area contributed by atoms with Crippen molar-refractivity contribution < 1.29 is 23.6 Å². The van der Waals surface area contributed by atoms with E-state index in [2.05, 4.69) is 11.8 Å². The van der Waals surface area contributed by atoms with Gasteiger partial charge in [0.15, 0.2) is 0 Å². The van der Waals surface area contributed by atoms with E-state index in [9.17, 15) is 9.18 Å². The standard InChI is InChI=1S/C25H33FN2O3/c1-24-7-2-8-25(16-30-25)22(24)13-19-20(23(29)31-21(19)14-24)15-27-9-11-28(12-10-27)18-5-3-17(26)4-6-18/h3-6,19-22H,2,7-16H2,1H3/p+1/t19-,20+,21-,22-,24-,25+/m1/s1. The first kappa shape index (κ1) is 20.0. The Morgan fingerprint density at radius 2 is 1.94 bits per heavy atom. The first-order valence-electron chi connectivity index (χ1n) is 12.1. The largest absolute Gasteiger partial charge is 0.462 e. The van der Waals surface area contributed by atoms with Crippen molar-refractivity contribution in [2.24, 2.45) is 23.2 Å². The maximum atomic E-state index is 13.2. The summed E-state index contributed by atoms with van der Waals surface area (Å²) in [5.41, 5.74) is 1.46. The molecule has 1 aromatic rings. The van der Waals surface area contributed by atoms with Crippen LogP contribution < -0.4 is 9.80 Å². The molecule has 2 saturated carbocycles. The van der Waals surface area contributed by atoms with Crippen LogP contribution in [0.2, 0.25) is 0 Å². The number of quaternary nitrogens is 1. The van der Waals surface area contributed by atoms with E-state index < -0.39 is 0 Å². The molecule has 168 valence electrons. The molecule has 5 nitrogen and oxygen atoms in total. The third kappa shape index (κ3) is 3.37. The van der Waals surface area contributed by atoms with Gasteiger partial charge in [-0.1, -0.05) is 6.92 Å². The predicted molar refractivity (Wildman–Crippen MR) is 114 cm³/mol. The first-order chi connectivity index (χ1) is 15.0. The summed E-state index contributed by atoms with van der Waals surface area (Å²) in [6.07, 6.45) is 5.89. The predicted octanol–water partition coefficient (Wildman–Crippen LogP) is 2.06. The van der Waals surface area contributed by atoms with Gasteiger partial charge in [0.1, 0.15) is 17.8 Å². The number of carbonyl (C=O) groups is 1. The van der Waals surface area contributed by atoms with Crippen molar-refractivity contribution in [3.63, 3.8) is 0 Å². The van der Waals surface area contributed by atoms with Gasteiger partial charge in [-0.2, -0.15) is 0 Å². The molecule has 3 saturated heterocycles. The zero-order valence-corrected chi connectivity index (χ0v) is 18.4.